The number of piperidine rings is 2. The molecule has 1 aromatic rings. The number of hydrogen-bond donors (Lipinski definition) is 1. The highest BCUT2D eigenvalue weighted by Crippen LogP contribution is 2.33. The van der Waals surface area contributed by atoms with E-state index >= 15 is 0 Å². The molecule has 116 valence electrons. The summed E-state index contributed by atoms with van der Waals surface area (Å²) in [5, 5.41) is 7.04. The summed E-state index contributed by atoms with van der Waals surface area (Å²) >= 11 is 1.83. The number of aromatic nitrogens is 1. The largest absolute Gasteiger partial charge is 0.348 e. The van der Waals surface area contributed by atoms with Gasteiger partial charge in [-0.2, -0.15) is 0 Å². The van der Waals surface area contributed by atoms with Crippen LogP contribution in [0.5, 0.6) is 0 Å². The minimum atomic E-state index is 0.767. The maximum absolute atomic E-state index is 4.86. The van der Waals surface area contributed by atoms with Crippen LogP contribution in [0.1, 0.15) is 37.8 Å². The molecule has 21 heavy (non-hydrogen) atoms. The normalized spacial score (nSPS) is 30.4. The lowest BCUT2D eigenvalue weighted by Crippen LogP contribution is -2.52. The lowest BCUT2D eigenvalue weighted by molar-refractivity contribution is 0.102. The Bertz CT molecular complexity index is 484. The molecule has 4 nitrogen and oxygen atoms in total. The fourth-order valence-electron chi connectivity index (χ4n) is 3.89. The maximum atomic E-state index is 4.86. The van der Waals surface area contributed by atoms with E-state index < -0.39 is 0 Å². The molecule has 2 aliphatic heterocycles. The first-order valence-electron chi connectivity index (χ1n) is 8.42. The summed E-state index contributed by atoms with van der Waals surface area (Å²) in [6.07, 6.45) is 6.75. The van der Waals surface area contributed by atoms with Crippen molar-refractivity contribution in [2.24, 2.45) is 5.92 Å². The van der Waals surface area contributed by atoms with Crippen molar-refractivity contribution >= 4 is 16.5 Å². The van der Waals surface area contributed by atoms with E-state index in [4.69, 9.17) is 4.98 Å². The van der Waals surface area contributed by atoms with Crippen molar-refractivity contribution < 1.29 is 0 Å². The third kappa shape index (κ3) is 3.10. The molecule has 2 atom stereocenters. The van der Waals surface area contributed by atoms with E-state index in [0.717, 1.165) is 24.5 Å². The zero-order valence-electron chi connectivity index (χ0n) is 12.9. The molecule has 2 unspecified atom stereocenters. The summed E-state index contributed by atoms with van der Waals surface area (Å²) in [5.41, 5.74) is 1.23. The molecule has 1 aliphatic carbocycles. The van der Waals surface area contributed by atoms with Gasteiger partial charge in [-0.3, -0.25) is 0 Å². The van der Waals surface area contributed by atoms with E-state index in [2.05, 4.69) is 27.5 Å². The number of hydrogen-bond acceptors (Lipinski definition) is 5. The zero-order chi connectivity index (χ0) is 14.2. The molecule has 0 amide bonds. The van der Waals surface area contributed by atoms with Gasteiger partial charge in [0.2, 0.25) is 0 Å². The van der Waals surface area contributed by atoms with Crippen molar-refractivity contribution in [3.63, 3.8) is 0 Å². The minimum Gasteiger partial charge on any atom is -0.348 e. The molecular formula is C16H26N4S. The second kappa shape index (κ2) is 5.86. The van der Waals surface area contributed by atoms with Gasteiger partial charge in [-0.1, -0.05) is 0 Å². The molecule has 2 saturated heterocycles. The maximum Gasteiger partial charge on any atom is 0.185 e. The van der Waals surface area contributed by atoms with E-state index in [1.54, 1.807) is 0 Å². The van der Waals surface area contributed by atoms with Crippen LogP contribution in [0.2, 0.25) is 0 Å². The molecule has 4 rings (SSSR count). The highest BCUT2D eigenvalue weighted by atomic mass is 32.1. The monoisotopic (exact) mass is 306 g/mol. The molecule has 0 radical (unpaired) electrons. The van der Waals surface area contributed by atoms with Crippen LogP contribution in [-0.2, 0) is 6.54 Å². The Kier molecular flexibility index (Phi) is 3.90. The van der Waals surface area contributed by atoms with Crippen molar-refractivity contribution in [3.05, 3.63) is 11.1 Å². The van der Waals surface area contributed by atoms with Crippen LogP contribution in [-0.4, -0.2) is 48.6 Å². The van der Waals surface area contributed by atoms with E-state index in [1.807, 2.05) is 11.3 Å². The average Bonchev–Trinajstić information content (AvgIpc) is 3.21. The van der Waals surface area contributed by atoms with Gasteiger partial charge in [0.05, 0.1) is 5.69 Å². The Hall–Kier alpha value is -0.650. The van der Waals surface area contributed by atoms with Gasteiger partial charge < -0.3 is 15.1 Å². The molecule has 1 N–H and O–H groups in total. The highest BCUT2D eigenvalue weighted by Gasteiger charge is 2.34. The SMILES string of the molecule is CN1CCCC2CN(c3nc(CNC4CC4)cs3)CCC21. The molecule has 0 spiro atoms. The first kappa shape index (κ1) is 14.0. The Morgan fingerprint density at radius 2 is 2.19 bits per heavy atom. The lowest BCUT2D eigenvalue weighted by atomic mass is 9.84. The number of fused-ring (bicyclic) bond motifs is 1. The van der Waals surface area contributed by atoms with Crippen molar-refractivity contribution in [2.75, 3.05) is 31.6 Å². The molecular weight excluding hydrogens is 280 g/mol. The first-order valence-corrected chi connectivity index (χ1v) is 9.30. The number of likely N-dealkylation sites (tertiary alicyclic amines) is 1. The van der Waals surface area contributed by atoms with Gasteiger partial charge in [0.25, 0.3) is 0 Å². The van der Waals surface area contributed by atoms with Crippen LogP contribution in [0, 0.1) is 5.92 Å². The second-order valence-corrected chi connectivity index (χ2v) is 7.80. The van der Waals surface area contributed by atoms with Crippen LogP contribution < -0.4 is 10.2 Å². The van der Waals surface area contributed by atoms with Crippen LogP contribution in [0.25, 0.3) is 0 Å². The van der Waals surface area contributed by atoms with Gasteiger partial charge in [0, 0.05) is 37.1 Å². The van der Waals surface area contributed by atoms with E-state index in [1.165, 1.54) is 62.6 Å². The summed E-state index contributed by atoms with van der Waals surface area (Å²) in [4.78, 5) is 9.97. The number of nitrogens with zero attached hydrogens (tertiary/aromatic N) is 3. The summed E-state index contributed by atoms with van der Waals surface area (Å²) in [5.74, 6) is 0.842. The number of anilines is 1. The summed E-state index contributed by atoms with van der Waals surface area (Å²) < 4.78 is 0. The minimum absolute atomic E-state index is 0.767. The average molecular weight is 306 g/mol. The van der Waals surface area contributed by atoms with E-state index in [0.29, 0.717) is 0 Å². The fourth-order valence-corrected chi connectivity index (χ4v) is 4.75. The molecule has 1 aromatic heterocycles. The Morgan fingerprint density at radius 3 is 3.05 bits per heavy atom. The predicted octanol–water partition coefficient (Wildman–Crippen LogP) is 2.32. The van der Waals surface area contributed by atoms with Gasteiger partial charge in [-0.15, -0.1) is 11.3 Å². The molecule has 5 heteroatoms. The third-order valence-electron chi connectivity index (χ3n) is 5.31. The van der Waals surface area contributed by atoms with Gasteiger partial charge in [-0.05, 0) is 51.6 Å². The van der Waals surface area contributed by atoms with Gasteiger partial charge in [-0.25, -0.2) is 4.98 Å². The Balaban J connectivity index is 1.37. The first-order chi connectivity index (χ1) is 10.3. The fraction of sp³-hybridized carbons (Fsp3) is 0.812. The van der Waals surface area contributed by atoms with Crippen LogP contribution >= 0.6 is 11.3 Å². The Morgan fingerprint density at radius 1 is 1.29 bits per heavy atom. The van der Waals surface area contributed by atoms with Gasteiger partial charge >= 0.3 is 0 Å². The number of thiazole rings is 1. The zero-order valence-corrected chi connectivity index (χ0v) is 13.7. The summed E-state index contributed by atoms with van der Waals surface area (Å²) in [6, 6.07) is 1.58. The molecule has 0 bridgehead atoms. The molecule has 3 heterocycles. The Labute approximate surface area is 131 Å². The van der Waals surface area contributed by atoms with Crippen molar-refractivity contribution in [3.8, 4) is 0 Å². The van der Waals surface area contributed by atoms with Crippen molar-refractivity contribution in [1.29, 1.82) is 0 Å². The molecule has 0 aromatic carbocycles. The van der Waals surface area contributed by atoms with E-state index in [9.17, 15) is 0 Å². The van der Waals surface area contributed by atoms with Crippen LogP contribution in [0.15, 0.2) is 5.38 Å². The van der Waals surface area contributed by atoms with Crippen molar-refractivity contribution in [1.82, 2.24) is 15.2 Å². The van der Waals surface area contributed by atoms with E-state index in [-0.39, 0.29) is 0 Å². The van der Waals surface area contributed by atoms with Crippen LogP contribution in [0.3, 0.4) is 0 Å². The number of rotatable bonds is 4. The molecule has 3 aliphatic rings. The molecule has 1 saturated carbocycles. The quantitative estimate of drug-likeness (QED) is 0.925. The third-order valence-corrected chi connectivity index (χ3v) is 6.26. The van der Waals surface area contributed by atoms with Gasteiger partial charge in [0.15, 0.2) is 5.13 Å². The highest BCUT2D eigenvalue weighted by molar-refractivity contribution is 7.13. The van der Waals surface area contributed by atoms with Crippen LogP contribution in [0.4, 0.5) is 5.13 Å². The topological polar surface area (TPSA) is 31.4 Å². The lowest BCUT2D eigenvalue weighted by Gasteiger charge is -2.45. The smallest absolute Gasteiger partial charge is 0.185 e. The summed E-state index contributed by atoms with van der Waals surface area (Å²) in [7, 11) is 2.30. The predicted molar refractivity (Wildman–Crippen MR) is 87.9 cm³/mol. The standard InChI is InChI=1S/C16H26N4S/c1-19-7-2-3-12-10-20(8-6-15(12)19)16-18-14(11-21-16)9-17-13-4-5-13/h11-13,15,17H,2-10H2,1H3. The second-order valence-electron chi connectivity index (χ2n) is 6.96. The van der Waals surface area contributed by atoms with Crippen molar-refractivity contribution in [2.45, 2.75) is 50.7 Å². The molecule has 3 fully saturated rings. The van der Waals surface area contributed by atoms with Gasteiger partial charge in [0.1, 0.15) is 0 Å². The summed E-state index contributed by atoms with van der Waals surface area (Å²) in [6.45, 7) is 4.62. The number of nitrogens with one attached hydrogen (secondary N) is 1.